The van der Waals surface area contributed by atoms with Gasteiger partial charge in [0.2, 0.25) is 0 Å². The summed E-state index contributed by atoms with van der Waals surface area (Å²) in [5.74, 6) is 0. The SMILES string of the molecule is Cc1cc([N+](=O)[O-])cc(S(=O)(=O)C2CCCN(C)CCC2)c1N(CCBr)CCOS(C)(=O)=O. The quantitative estimate of drug-likeness (QED) is 0.181. The molecule has 2 rings (SSSR count). The van der Waals surface area contributed by atoms with Crippen molar-refractivity contribution >= 4 is 47.3 Å². The number of hydrogen-bond acceptors (Lipinski definition) is 9. The van der Waals surface area contributed by atoms with Crippen LogP contribution in [-0.4, -0.2) is 83.3 Å². The van der Waals surface area contributed by atoms with Crippen molar-refractivity contribution in [1.29, 1.82) is 0 Å². The average molecular weight is 571 g/mol. The lowest BCUT2D eigenvalue weighted by Gasteiger charge is -2.30. The number of aryl methyl sites for hydroxylation is 1. The second kappa shape index (κ2) is 11.9. The van der Waals surface area contributed by atoms with Crippen molar-refractivity contribution in [3.05, 3.63) is 27.8 Å². The number of nitro groups is 1. The Bertz CT molecular complexity index is 1040. The molecule has 0 atom stereocenters. The lowest BCUT2D eigenvalue weighted by atomic mass is 10.1. The minimum absolute atomic E-state index is 0.0755. The van der Waals surface area contributed by atoms with E-state index in [-0.39, 0.29) is 23.7 Å². The second-order valence-corrected chi connectivity index (χ2v) is 13.0. The molecule has 1 saturated heterocycles. The zero-order valence-corrected chi connectivity index (χ0v) is 22.4. The van der Waals surface area contributed by atoms with Gasteiger partial charge >= 0.3 is 0 Å². The molecule has 1 heterocycles. The number of alkyl halides is 1. The standard InChI is InChI=1S/C20H32BrN3O7S2/c1-16-14-17(24(25)26)15-19(20(16)23(11-8-21)12-13-31-32(3,27)28)33(29,30)18-6-4-9-22(2)10-5-7-18/h14-15,18H,4-13H2,1-3H3. The summed E-state index contributed by atoms with van der Waals surface area (Å²) < 4.78 is 55.3. The van der Waals surface area contributed by atoms with Crippen molar-refractivity contribution in [1.82, 2.24) is 4.90 Å². The van der Waals surface area contributed by atoms with E-state index in [1.807, 2.05) is 7.05 Å². The fourth-order valence-electron chi connectivity index (χ4n) is 4.12. The van der Waals surface area contributed by atoms with Crippen molar-refractivity contribution in [2.45, 2.75) is 42.8 Å². The lowest BCUT2D eigenvalue weighted by molar-refractivity contribution is -0.385. The molecule has 1 aliphatic rings. The van der Waals surface area contributed by atoms with Gasteiger partial charge in [0.25, 0.3) is 15.8 Å². The normalized spacial score (nSPS) is 16.8. The van der Waals surface area contributed by atoms with Gasteiger partial charge in [0, 0.05) is 30.6 Å². The van der Waals surface area contributed by atoms with Gasteiger partial charge in [-0.1, -0.05) is 15.9 Å². The third kappa shape index (κ3) is 7.88. The highest BCUT2D eigenvalue weighted by Gasteiger charge is 2.34. The number of rotatable bonds is 10. The molecular weight excluding hydrogens is 538 g/mol. The Morgan fingerprint density at radius 3 is 2.30 bits per heavy atom. The maximum Gasteiger partial charge on any atom is 0.271 e. The van der Waals surface area contributed by atoms with Crippen molar-refractivity contribution in [3.63, 3.8) is 0 Å². The number of non-ortho nitro benzene ring substituents is 1. The van der Waals surface area contributed by atoms with Gasteiger partial charge < -0.3 is 9.80 Å². The molecule has 0 N–H and O–H groups in total. The number of sulfone groups is 1. The molecule has 1 fully saturated rings. The van der Waals surface area contributed by atoms with E-state index in [2.05, 4.69) is 20.8 Å². The minimum atomic E-state index is -3.88. The summed E-state index contributed by atoms with van der Waals surface area (Å²) >= 11 is 3.35. The highest BCUT2D eigenvalue weighted by atomic mass is 79.9. The van der Waals surface area contributed by atoms with Gasteiger partial charge in [-0.25, -0.2) is 8.42 Å². The number of anilines is 1. The summed E-state index contributed by atoms with van der Waals surface area (Å²) in [6.07, 6.45) is 3.34. The molecule has 13 heteroatoms. The summed E-state index contributed by atoms with van der Waals surface area (Å²) in [7, 11) is -5.54. The first-order valence-corrected chi connectivity index (χ1v) is 15.2. The molecule has 1 aromatic carbocycles. The minimum Gasteiger partial charge on any atom is -0.367 e. The third-order valence-electron chi connectivity index (χ3n) is 5.67. The highest BCUT2D eigenvalue weighted by Crippen LogP contribution is 2.37. The third-order valence-corrected chi connectivity index (χ3v) is 8.89. The molecule has 33 heavy (non-hydrogen) atoms. The number of nitrogens with zero attached hydrogens (tertiary/aromatic N) is 3. The number of hydrogen-bond donors (Lipinski definition) is 0. The Morgan fingerprint density at radius 1 is 1.18 bits per heavy atom. The topological polar surface area (TPSA) is 127 Å². The van der Waals surface area contributed by atoms with E-state index in [1.165, 1.54) is 6.07 Å². The van der Waals surface area contributed by atoms with Crippen LogP contribution in [0, 0.1) is 17.0 Å². The zero-order valence-electron chi connectivity index (χ0n) is 19.2. The van der Waals surface area contributed by atoms with Crippen LogP contribution >= 0.6 is 15.9 Å². The molecule has 0 spiro atoms. The maximum absolute atomic E-state index is 13.8. The van der Waals surface area contributed by atoms with Crippen LogP contribution in [0.2, 0.25) is 0 Å². The Labute approximate surface area is 204 Å². The maximum atomic E-state index is 13.8. The van der Waals surface area contributed by atoms with Crippen molar-refractivity contribution < 1.29 is 25.9 Å². The van der Waals surface area contributed by atoms with E-state index in [0.717, 1.165) is 38.3 Å². The first-order chi connectivity index (χ1) is 15.4. The van der Waals surface area contributed by atoms with Crippen molar-refractivity contribution in [2.24, 2.45) is 0 Å². The van der Waals surface area contributed by atoms with Crippen LogP contribution in [0.3, 0.4) is 0 Å². The lowest BCUT2D eigenvalue weighted by Crippen LogP contribution is -2.34. The van der Waals surface area contributed by atoms with E-state index >= 15 is 0 Å². The molecule has 1 aliphatic heterocycles. The molecule has 0 aromatic heterocycles. The molecule has 188 valence electrons. The van der Waals surface area contributed by atoms with Crippen LogP contribution in [-0.2, 0) is 24.1 Å². The molecule has 0 aliphatic carbocycles. The molecular formula is C20H32BrN3O7S2. The van der Waals surface area contributed by atoms with Crippen molar-refractivity contribution in [3.8, 4) is 0 Å². The Hall–Kier alpha value is -1.28. The molecule has 0 radical (unpaired) electrons. The van der Waals surface area contributed by atoms with Crippen LogP contribution in [0.1, 0.15) is 31.2 Å². The van der Waals surface area contributed by atoms with Crippen LogP contribution < -0.4 is 4.90 Å². The average Bonchev–Trinajstić information content (AvgIpc) is 2.68. The Morgan fingerprint density at radius 2 is 1.79 bits per heavy atom. The predicted molar refractivity (Wildman–Crippen MR) is 132 cm³/mol. The first kappa shape index (κ1) is 28.0. The van der Waals surface area contributed by atoms with E-state index in [4.69, 9.17) is 4.18 Å². The Balaban J connectivity index is 2.54. The summed E-state index contributed by atoms with van der Waals surface area (Å²) in [5.41, 5.74) is 0.511. The van der Waals surface area contributed by atoms with Crippen molar-refractivity contribution in [2.75, 3.05) is 56.3 Å². The number of halogens is 1. The van der Waals surface area contributed by atoms with Crippen LogP contribution in [0.15, 0.2) is 17.0 Å². The number of nitro benzene ring substituents is 1. The molecule has 1 aromatic rings. The van der Waals surface area contributed by atoms with E-state index in [0.29, 0.717) is 36.0 Å². The van der Waals surface area contributed by atoms with Crippen LogP contribution in [0.4, 0.5) is 11.4 Å². The van der Waals surface area contributed by atoms with Gasteiger partial charge in [-0.3, -0.25) is 14.3 Å². The molecule has 0 saturated carbocycles. The largest absolute Gasteiger partial charge is 0.367 e. The van der Waals surface area contributed by atoms with E-state index in [9.17, 15) is 26.9 Å². The summed E-state index contributed by atoms with van der Waals surface area (Å²) in [4.78, 5) is 14.7. The fraction of sp³-hybridized carbons (Fsp3) is 0.700. The predicted octanol–water partition coefficient (Wildman–Crippen LogP) is 2.73. The molecule has 10 nitrogen and oxygen atoms in total. The molecule has 0 unspecified atom stereocenters. The highest BCUT2D eigenvalue weighted by molar-refractivity contribution is 9.09. The smallest absolute Gasteiger partial charge is 0.271 e. The van der Waals surface area contributed by atoms with Gasteiger partial charge in [0.1, 0.15) is 0 Å². The van der Waals surface area contributed by atoms with E-state index < -0.39 is 30.1 Å². The number of benzene rings is 1. The van der Waals surface area contributed by atoms with E-state index in [1.54, 1.807) is 11.8 Å². The number of likely N-dealkylation sites (tertiary alicyclic amines) is 1. The van der Waals surface area contributed by atoms with Gasteiger partial charge in [-0.15, -0.1) is 0 Å². The molecule has 0 amide bonds. The van der Waals surface area contributed by atoms with Gasteiger partial charge in [0.15, 0.2) is 9.84 Å². The van der Waals surface area contributed by atoms with Crippen LogP contribution in [0.25, 0.3) is 0 Å². The Kier molecular flexibility index (Phi) is 10.1. The zero-order chi connectivity index (χ0) is 24.8. The summed E-state index contributed by atoms with van der Waals surface area (Å²) in [6.45, 7) is 3.53. The summed E-state index contributed by atoms with van der Waals surface area (Å²) in [5, 5.41) is 11.4. The molecule has 0 bridgehead atoms. The monoisotopic (exact) mass is 569 g/mol. The second-order valence-electron chi connectivity index (χ2n) is 8.32. The first-order valence-electron chi connectivity index (χ1n) is 10.7. The van der Waals surface area contributed by atoms with Gasteiger partial charge in [0.05, 0.1) is 33.6 Å². The van der Waals surface area contributed by atoms with Crippen LogP contribution in [0.5, 0.6) is 0 Å². The summed E-state index contributed by atoms with van der Waals surface area (Å²) in [6, 6.07) is 2.49. The van der Waals surface area contributed by atoms with Gasteiger partial charge in [-0.2, -0.15) is 8.42 Å². The van der Waals surface area contributed by atoms with Gasteiger partial charge in [-0.05, 0) is 58.3 Å². The fourth-order valence-corrected chi connectivity index (χ4v) is 7.08.